The third-order valence-electron chi connectivity index (χ3n) is 3.45. The zero-order valence-corrected chi connectivity index (χ0v) is 14.5. The molecule has 2 aromatic rings. The van der Waals surface area contributed by atoms with Gasteiger partial charge in [-0.1, -0.05) is 0 Å². The SMILES string of the molecule is CSCCCNC(=O)c1ccc(-n2ncc(C(=O)O)c2C(F)(F)F)cc1. The lowest BCUT2D eigenvalue weighted by atomic mass is 10.2. The van der Waals surface area contributed by atoms with Crippen LogP contribution in [0.3, 0.4) is 0 Å². The molecule has 1 aromatic carbocycles. The Morgan fingerprint density at radius 2 is 1.92 bits per heavy atom. The van der Waals surface area contributed by atoms with E-state index in [1.165, 1.54) is 24.3 Å². The Kier molecular flexibility index (Phi) is 6.30. The molecule has 1 amide bonds. The van der Waals surface area contributed by atoms with E-state index in [0.717, 1.165) is 12.2 Å². The second-order valence-electron chi connectivity index (χ2n) is 5.27. The predicted octanol–water partition coefficient (Wildman–Crippen LogP) is 3.07. The van der Waals surface area contributed by atoms with Gasteiger partial charge in [-0.25, -0.2) is 9.48 Å². The molecule has 1 aromatic heterocycles. The Labute approximate surface area is 151 Å². The summed E-state index contributed by atoms with van der Waals surface area (Å²) in [6.45, 7) is 0.501. The lowest BCUT2D eigenvalue weighted by Crippen LogP contribution is -2.24. The minimum absolute atomic E-state index is 0.00348. The van der Waals surface area contributed by atoms with Gasteiger partial charge in [-0.2, -0.15) is 30.0 Å². The predicted molar refractivity (Wildman–Crippen MR) is 90.9 cm³/mol. The average molecular weight is 387 g/mol. The number of carboxylic acid groups (broad SMARTS) is 1. The van der Waals surface area contributed by atoms with Crippen LogP contribution in [0.5, 0.6) is 0 Å². The largest absolute Gasteiger partial charge is 0.478 e. The number of thioether (sulfide) groups is 1. The number of aromatic carboxylic acids is 1. The Bertz CT molecular complexity index is 788. The van der Waals surface area contributed by atoms with E-state index in [0.29, 0.717) is 17.4 Å². The summed E-state index contributed by atoms with van der Waals surface area (Å²) in [5.41, 5.74) is -2.02. The molecule has 0 saturated heterocycles. The molecule has 1 heterocycles. The first kappa shape index (κ1) is 19.8. The molecule has 0 aliphatic heterocycles. The molecular formula is C16H16F3N3O3S. The maximum atomic E-state index is 13.2. The lowest BCUT2D eigenvalue weighted by molar-refractivity contribution is -0.143. The van der Waals surface area contributed by atoms with Gasteiger partial charge in [0.2, 0.25) is 0 Å². The molecule has 2 N–H and O–H groups in total. The first-order chi connectivity index (χ1) is 12.3. The van der Waals surface area contributed by atoms with Crippen molar-refractivity contribution >= 4 is 23.6 Å². The molecule has 6 nitrogen and oxygen atoms in total. The molecule has 0 unspecified atom stereocenters. The van der Waals surface area contributed by atoms with E-state index in [4.69, 9.17) is 5.11 Å². The van der Waals surface area contributed by atoms with Crippen LogP contribution in [-0.4, -0.2) is 45.3 Å². The van der Waals surface area contributed by atoms with Gasteiger partial charge in [0.15, 0.2) is 5.69 Å². The molecule has 0 atom stereocenters. The highest BCUT2D eigenvalue weighted by molar-refractivity contribution is 7.98. The first-order valence-corrected chi connectivity index (χ1v) is 8.91. The molecule has 0 aliphatic carbocycles. The fourth-order valence-corrected chi connectivity index (χ4v) is 2.68. The van der Waals surface area contributed by atoms with E-state index in [1.54, 1.807) is 11.8 Å². The monoisotopic (exact) mass is 387 g/mol. The molecule has 0 bridgehead atoms. The number of carbonyl (C=O) groups excluding carboxylic acids is 1. The molecule has 26 heavy (non-hydrogen) atoms. The maximum Gasteiger partial charge on any atom is 0.434 e. The quantitative estimate of drug-likeness (QED) is 0.714. The number of rotatable bonds is 7. The van der Waals surface area contributed by atoms with E-state index in [-0.39, 0.29) is 17.2 Å². The second kappa shape index (κ2) is 8.26. The van der Waals surface area contributed by atoms with Gasteiger partial charge in [0.25, 0.3) is 5.91 Å². The zero-order chi connectivity index (χ0) is 19.3. The summed E-state index contributed by atoms with van der Waals surface area (Å²) in [7, 11) is 0. The van der Waals surface area contributed by atoms with Crippen LogP contribution >= 0.6 is 11.8 Å². The number of nitrogens with zero attached hydrogens (tertiary/aromatic N) is 2. The minimum atomic E-state index is -4.89. The van der Waals surface area contributed by atoms with Crippen LogP contribution in [-0.2, 0) is 6.18 Å². The van der Waals surface area contributed by atoms with Gasteiger partial charge < -0.3 is 10.4 Å². The van der Waals surface area contributed by atoms with E-state index < -0.39 is 23.4 Å². The Balaban J connectivity index is 2.24. The summed E-state index contributed by atoms with van der Waals surface area (Å²) in [4.78, 5) is 23.0. The Morgan fingerprint density at radius 3 is 2.46 bits per heavy atom. The summed E-state index contributed by atoms with van der Waals surface area (Å²) in [5, 5.41) is 15.2. The molecule has 0 saturated carbocycles. The normalized spacial score (nSPS) is 11.4. The number of nitrogens with one attached hydrogen (secondary N) is 1. The van der Waals surface area contributed by atoms with Crippen molar-refractivity contribution in [3.8, 4) is 5.69 Å². The number of hydrogen-bond acceptors (Lipinski definition) is 4. The van der Waals surface area contributed by atoms with Gasteiger partial charge in [-0.05, 0) is 42.7 Å². The van der Waals surface area contributed by atoms with Crippen LogP contribution < -0.4 is 5.32 Å². The minimum Gasteiger partial charge on any atom is -0.478 e. The zero-order valence-electron chi connectivity index (χ0n) is 13.7. The maximum absolute atomic E-state index is 13.2. The van der Waals surface area contributed by atoms with Crippen LogP contribution in [0.25, 0.3) is 5.69 Å². The highest BCUT2D eigenvalue weighted by atomic mass is 32.2. The standard InChI is InChI=1S/C16H16F3N3O3S/c1-26-8-2-7-20-14(23)10-3-5-11(6-4-10)22-13(16(17,18)19)12(9-21-22)15(24)25/h3-6,9H,2,7-8H2,1H3,(H,20,23)(H,24,25). The number of halogens is 3. The second-order valence-corrected chi connectivity index (χ2v) is 6.26. The number of carbonyl (C=O) groups is 2. The highest BCUT2D eigenvalue weighted by Gasteiger charge is 2.40. The molecule has 0 aliphatic rings. The van der Waals surface area contributed by atoms with Crippen molar-refractivity contribution in [2.45, 2.75) is 12.6 Å². The number of hydrogen-bond donors (Lipinski definition) is 2. The Morgan fingerprint density at radius 1 is 1.27 bits per heavy atom. The summed E-state index contributed by atoms with van der Waals surface area (Å²) < 4.78 is 40.1. The van der Waals surface area contributed by atoms with Crippen molar-refractivity contribution < 1.29 is 27.9 Å². The fraction of sp³-hybridized carbons (Fsp3) is 0.312. The molecule has 0 fully saturated rings. The van der Waals surface area contributed by atoms with Crippen LogP contribution in [0.4, 0.5) is 13.2 Å². The third-order valence-corrected chi connectivity index (χ3v) is 4.15. The number of benzene rings is 1. The number of alkyl halides is 3. The fourth-order valence-electron chi connectivity index (χ4n) is 2.25. The smallest absolute Gasteiger partial charge is 0.434 e. The average Bonchev–Trinajstić information content (AvgIpc) is 3.04. The lowest BCUT2D eigenvalue weighted by Gasteiger charge is -2.12. The molecule has 140 valence electrons. The topological polar surface area (TPSA) is 84.2 Å². The van der Waals surface area contributed by atoms with Crippen molar-refractivity contribution in [3.63, 3.8) is 0 Å². The first-order valence-electron chi connectivity index (χ1n) is 7.51. The van der Waals surface area contributed by atoms with E-state index in [2.05, 4.69) is 10.4 Å². The van der Waals surface area contributed by atoms with Crippen LogP contribution in [0.1, 0.15) is 32.8 Å². The van der Waals surface area contributed by atoms with E-state index in [1.807, 2.05) is 6.26 Å². The van der Waals surface area contributed by atoms with Crippen molar-refractivity contribution in [3.05, 3.63) is 47.3 Å². The molecule has 2 rings (SSSR count). The number of carboxylic acids is 1. The molecule has 0 spiro atoms. The van der Waals surface area contributed by atoms with E-state index >= 15 is 0 Å². The van der Waals surface area contributed by atoms with Gasteiger partial charge in [0, 0.05) is 12.1 Å². The summed E-state index contributed by atoms with van der Waals surface area (Å²) in [6.07, 6.45) is -1.47. The van der Waals surface area contributed by atoms with Crippen molar-refractivity contribution in [1.82, 2.24) is 15.1 Å². The summed E-state index contributed by atoms with van der Waals surface area (Å²) in [5.74, 6) is -1.14. The van der Waals surface area contributed by atoms with Gasteiger partial charge in [0.1, 0.15) is 5.56 Å². The Hall–Kier alpha value is -2.49. The molecule has 10 heteroatoms. The number of amides is 1. The molecule has 0 radical (unpaired) electrons. The summed E-state index contributed by atoms with van der Waals surface area (Å²) in [6, 6.07) is 5.29. The van der Waals surface area contributed by atoms with Crippen LogP contribution in [0, 0.1) is 0 Å². The van der Waals surface area contributed by atoms with Crippen molar-refractivity contribution in [2.24, 2.45) is 0 Å². The van der Waals surface area contributed by atoms with E-state index in [9.17, 15) is 22.8 Å². The van der Waals surface area contributed by atoms with Gasteiger partial charge in [-0.15, -0.1) is 0 Å². The summed E-state index contributed by atoms with van der Waals surface area (Å²) >= 11 is 1.66. The van der Waals surface area contributed by atoms with Gasteiger partial charge in [0.05, 0.1) is 11.9 Å². The molecular weight excluding hydrogens is 371 g/mol. The van der Waals surface area contributed by atoms with Crippen molar-refractivity contribution in [2.75, 3.05) is 18.6 Å². The number of aromatic nitrogens is 2. The van der Waals surface area contributed by atoms with Crippen molar-refractivity contribution in [1.29, 1.82) is 0 Å². The van der Waals surface area contributed by atoms with Gasteiger partial charge >= 0.3 is 12.1 Å². The third kappa shape index (κ3) is 4.57. The highest BCUT2D eigenvalue weighted by Crippen LogP contribution is 2.33. The van der Waals surface area contributed by atoms with Crippen LogP contribution in [0.15, 0.2) is 30.5 Å². The van der Waals surface area contributed by atoms with Gasteiger partial charge in [-0.3, -0.25) is 4.79 Å². The van der Waals surface area contributed by atoms with Crippen LogP contribution in [0.2, 0.25) is 0 Å².